The van der Waals surface area contributed by atoms with Gasteiger partial charge in [-0.05, 0) is 24.7 Å². The fourth-order valence-corrected chi connectivity index (χ4v) is 2.79. The van der Waals surface area contributed by atoms with Crippen molar-refractivity contribution in [1.29, 1.82) is 0 Å². The van der Waals surface area contributed by atoms with Crippen molar-refractivity contribution in [3.05, 3.63) is 0 Å². The largest absolute Gasteiger partial charge is 0.480 e. The average molecular weight is 270 g/mol. The van der Waals surface area contributed by atoms with Crippen LogP contribution in [0.15, 0.2) is 0 Å². The predicted molar refractivity (Wildman–Crippen MR) is 73.9 cm³/mol. The summed E-state index contributed by atoms with van der Waals surface area (Å²) in [6.07, 6.45) is 2.50. The van der Waals surface area contributed by atoms with Crippen LogP contribution in [0.4, 0.5) is 0 Å². The molecule has 0 aliphatic carbocycles. The molecule has 110 valence electrons. The van der Waals surface area contributed by atoms with Gasteiger partial charge in [0.25, 0.3) is 0 Å². The number of nitrogens with zero attached hydrogens (tertiary/aromatic N) is 1. The van der Waals surface area contributed by atoms with Crippen molar-refractivity contribution < 1.29 is 14.7 Å². The summed E-state index contributed by atoms with van der Waals surface area (Å²) in [7, 11) is 0. The molecule has 1 rings (SSSR count). The van der Waals surface area contributed by atoms with Crippen molar-refractivity contribution in [3.8, 4) is 0 Å². The third-order valence-electron chi connectivity index (χ3n) is 3.60. The Kier molecular flexibility index (Phi) is 6.28. The van der Waals surface area contributed by atoms with Crippen molar-refractivity contribution in [2.24, 2.45) is 11.8 Å². The molecule has 1 aliphatic heterocycles. The van der Waals surface area contributed by atoms with Gasteiger partial charge in [0.1, 0.15) is 6.04 Å². The Morgan fingerprint density at radius 1 is 1.32 bits per heavy atom. The standard InChI is InChI=1S/C14H26N2O3/c1-4-5-12(14(18)19)15-7-13(17)16-8-10(2)6-11(3)9-16/h10-12,15H,4-9H2,1-3H3,(H,18,19)/t10-,11-,12-/m0/s1. The molecule has 19 heavy (non-hydrogen) atoms. The van der Waals surface area contributed by atoms with Crippen LogP contribution < -0.4 is 5.32 Å². The van der Waals surface area contributed by atoms with Gasteiger partial charge in [-0.1, -0.05) is 27.2 Å². The Morgan fingerprint density at radius 3 is 2.37 bits per heavy atom. The van der Waals surface area contributed by atoms with Crippen LogP contribution in [0, 0.1) is 11.8 Å². The summed E-state index contributed by atoms with van der Waals surface area (Å²) in [6.45, 7) is 7.94. The van der Waals surface area contributed by atoms with E-state index in [1.165, 1.54) is 0 Å². The van der Waals surface area contributed by atoms with E-state index >= 15 is 0 Å². The van der Waals surface area contributed by atoms with Gasteiger partial charge < -0.3 is 10.0 Å². The molecule has 0 saturated carbocycles. The number of carbonyl (C=O) groups excluding carboxylic acids is 1. The summed E-state index contributed by atoms with van der Waals surface area (Å²) in [4.78, 5) is 24.9. The third kappa shape index (κ3) is 5.19. The lowest BCUT2D eigenvalue weighted by atomic mass is 9.92. The Labute approximate surface area is 115 Å². The number of carboxylic acids is 1. The zero-order valence-corrected chi connectivity index (χ0v) is 12.2. The number of nitrogens with one attached hydrogen (secondary N) is 1. The van der Waals surface area contributed by atoms with Gasteiger partial charge in [0.05, 0.1) is 6.54 Å². The van der Waals surface area contributed by atoms with E-state index in [9.17, 15) is 9.59 Å². The molecule has 1 amide bonds. The molecule has 5 nitrogen and oxygen atoms in total. The molecule has 1 saturated heterocycles. The fourth-order valence-electron chi connectivity index (χ4n) is 2.79. The molecule has 0 radical (unpaired) electrons. The second-order valence-corrected chi connectivity index (χ2v) is 5.81. The van der Waals surface area contributed by atoms with Crippen LogP contribution in [0.1, 0.15) is 40.0 Å². The molecule has 0 spiro atoms. The van der Waals surface area contributed by atoms with Crippen LogP contribution in [-0.4, -0.2) is 47.6 Å². The van der Waals surface area contributed by atoms with E-state index < -0.39 is 12.0 Å². The van der Waals surface area contributed by atoms with Crippen LogP contribution in [0.5, 0.6) is 0 Å². The fraction of sp³-hybridized carbons (Fsp3) is 0.857. The first-order valence-electron chi connectivity index (χ1n) is 7.18. The minimum absolute atomic E-state index is 0.0146. The molecule has 0 aromatic rings. The van der Waals surface area contributed by atoms with Crippen molar-refractivity contribution in [1.82, 2.24) is 10.2 Å². The highest BCUT2D eigenvalue weighted by Crippen LogP contribution is 2.20. The molecule has 1 heterocycles. The van der Waals surface area contributed by atoms with Gasteiger partial charge in [-0.3, -0.25) is 14.9 Å². The number of carbonyl (C=O) groups is 2. The van der Waals surface area contributed by atoms with Crippen LogP contribution in [-0.2, 0) is 9.59 Å². The summed E-state index contributed by atoms with van der Waals surface area (Å²) >= 11 is 0. The number of amides is 1. The first-order chi connectivity index (χ1) is 8.93. The van der Waals surface area contributed by atoms with Gasteiger partial charge in [0, 0.05) is 13.1 Å². The molecule has 5 heteroatoms. The predicted octanol–water partition coefficient (Wildman–Crippen LogP) is 1.33. The van der Waals surface area contributed by atoms with E-state index in [1.54, 1.807) is 0 Å². The molecular formula is C14H26N2O3. The number of hydrogen-bond donors (Lipinski definition) is 2. The number of aliphatic carboxylic acids is 1. The molecule has 0 aromatic heterocycles. The maximum Gasteiger partial charge on any atom is 0.320 e. The number of carboxylic acid groups (broad SMARTS) is 1. The molecule has 2 N–H and O–H groups in total. The van der Waals surface area contributed by atoms with Gasteiger partial charge in [0.15, 0.2) is 0 Å². The summed E-state index contributed by atoms with van der Waals surface area (Å²) in [5, 5.41) is 11.9. The van der Waals surface area contributed by atoms with Crippen LogP contribution in [0.2, 0.25) is 0 Å². The summed E-state index contributed by atoms with van der Waals surface area (Å²) in [6, 6.07) is -0.617. The van der Waals surface area contributed by atoms with E-state index in [4.69, 9.17) is 5.11 Å². The monoisotopic (exact) mass is 270 g/mol. The molecule has 0 unspecified atom stereocenters. The van der Waals surface area contributed by atoms with Gasteiger partial charge in [0.2, 0.25) is 5.91 Å². The number of likely N-dealkylation sites (tertiary alicyclic amines) is 1. The molecule has 3 atom stereocenters. The normalized spacial score (nSPS) is 25.1. The van der Waals surface area contributed by atoms with Crippen molar-refractivity contribution in [2.75, 3.05) is 19.6 Å². The Morgan fingerprint density at radius 2 is 1.89 bits per heavy atom. The van der Waals surface area contributed by atoms with Crippen LogP contribution in [0.3, 0.4) is 0 Å². The molecule has 0 bridgehead atoms. The molecule has 1 aliphatic rings. The lowest BCUT2D eigenvalue weighted by molar-refractivity contribution is -0.140. The minimum Gasteiger partial charge on any atom is -0.480 e. The van der Waals surface area contributed by atoms with Gasteiger partial charge in [-0.2, -0.15) is 0 Å². The highest BCUT2D eigenvalue weighted by Gasteiger charge is 2.26. The smallest absolute Gasteiger partial charge is 0.320 e. The van der Waals surface area contributed by atoms with Crippen LogP contribution in [0.25, 0.3) is 0 Å². The SMILES string of the molecule is CCC[C@H](NCC(=O)N1C[C@@H](C)C[C@H](C)C1)C(=O)O. The van der Waals surface area contributed by atoms with Gasteiger partial charge in [-0.25, -0.2) is 0 Å². The van der Waals surface area contributed by atoms with Gasteiger partial charge >= 0.3 is 5.97 Å². The van der Waals surface area contributed by atoms with Gasteiger partial charge in [-0.15, -0.1) is 0 Å². The zero-order chi connectivity index (χ0) is 14.4. The quantitative estimate of drug-likeness (QED) is 0.764. The highest BCUT2D eigenvalue weighted by atomic mass is 16.4. The van der Waals surface area contributed by atoms with Crippen LogP contribution >= 0.6 is 0 Å². The van der Waals surface area contributed by atoms with Crippen molar-refractivity contribution >= 4 is 11.9 Å². The van der Waals surface area contributed by atoms with Crippen molar-refractivity contribution in [3.63, 3.8) is 0 Å². The molecule has 0 aromatic carbocycles. The third-order valence-corrected chi connectivity index (χ3v) is 3.60. The molecule has 1 fully saturated rings. The Bertz CT molecular complexity index is 310. The lowest BCUT2D eigenvalue weighted by Crippen LogP contribution is -2.48. The summed E-state index contributed by atoms with van der Waals surface area (Å²) < 4.78 is 0. The van der Waals surface area contributed by atoms with E-state index in [-0.39, 0.29) is 12.5 Å². The number of hydrogen-bond acceptors (Lipinski definition) is 3. The minimum atomic E-state index is -0.880. The maximum atomic E-state index is 12.1. The number of rotatable bonds is 6. The van der Waals surface area contributed by atoms with E-state index in [0.29, 0.717) is 18.3 Å². The first-order valence-corrected chi connectivity index (χ1v) is 7.18. The molecular weight excluding hydrogens is 244 g/mol. The average Bonchev–Trinajstić information content (AvgIpc) is 2.32. The van der Waals surface area contributed by atoms with E-state index in [1.807, 2.05) is 11.8 Å². The summed E-state index contributed by atoms with van der Waals surface area (Å²) in [5.41, 5.74) is 0. The lowest BCUT2D eigenvalue weighted by Gasteiger charge is -2.35. The Balaban J connectivity index is 2.43. The highest BCUT2D eigenvalue weighted by molar-refractivity contribution is 5.80. The first kappa shape index (κ1) is 16.0. The topological polar surface area (TPSA) is 69.6 Å². The summed E-state index contributed by atoms with van der Waals surface area (Å²) in [5.74, 6) is 0.188. The van der Waals surface area contributed by atoms with E-state index in [0.717, 1.165) is 25.9 Å². The van der Waals surface area contributed by atoms with E-state index in [2.05, 4.69) is 19.2 Å². The number of piperidine rings is 1. The zero-order valence-electron chi connectivity index (χ0n) is 12.2. The Hall–Kier alpha value is -1.10. The second kappa shape index (κ2) is 7.48. The van der Waals surface area contributed by atoms with Crippen molar-refractivity contribution in [2.45, 2.75) is 46.1 Å². The second-order valence-electron chi connectivity index (χ2n) is 5.81. The maximum absolute atomic E-state index is 12.1.